The summed E-state index contributed by atoms with van der Waals surface area (Å²) in [6, 6.07) is 1.96. The molecule has 1 aromatic rings. The van der Waals surface area contributed by atoms with E-state index in [1.165, 1.54) is 0 Å². The Morgan fingerprint density at radius 3 is 2.60 bits per heavy atom. The Morgan fingerprint density at radius 2 is 2.27 bits per heavy atom. The van der Waals surface area contributed by atoms with Gasteiger partial charge in [-0.15, -0.1) is 11.3 Å². The lowest BCUT2D eigenvalue weighted by Crippen LogP contribution is -2.35. The van der Waals surface area contributed by atoms with E-state index in [-0.39, 0.29) is 5.92 Å². The van der Waals surface area contributed by atoms with Gasteiger partial charge in [0, 0.05) is 9.35 Å². The largest absolute Gasteiger partial charge is 0.481 e. The van der Waals surface area contributed by atoms with Crippen molar-refractivity contribution in [1.82, 2.24) is 0 Å². The lowest BCUT2D eigenvalue weighted by atomic mass is 9.76. The van der Waals surface area contributed by atoms with Crippen molar-refractivity contribution in [2.45, 2.75) is 27.2 Å². The van der Waals surface area contributed by atoms with E-state index in [9.17, 15) is 9.90 Å². The predicted molar refractivity (Wildman–Crippen MR) is 66.3 cm³/mol. The smallest absolute Gasteiger partial charge is 0.309 e. The van der Waals surface area contributed by atoms with Gasteiger partial charge in [-0.1, -0.05) is 13.8 Å². The molecule has 0 aliphatic heterocycles. The minimum atomic E-state index is -0.724. The zero-order valence-corrected chi connectivity index (χ0v) is 11.5. The first-order valence-corrected chi connectivity index (χ1v) is 6.50. The molecular formula is C11H15BrO2S. The standard InChI is InChI=1S/C11H15BrO2S/c1-7(2)11(3,10(13)14)6-9-8(12)4-5-15-9/h4-5,7H,6H2,1-3H3,(H,13,14). The van der Waals surface area contributed by atoms with Gasteiger partial charge in [-0.25, -0.2) is 0 Å². The fourth-order valence-corrected chi connectivity index (χ4v) is 2.97. The maximum Gasteiger partial charge on any atom is 0.309 e. The molecule has 0 saturated heterocycles. The van der Waals surface area contributed by atoms with E-state index < -0.39 is 11.4 Å². The molecule has 1 N–H and O–H groups in total. The van der Waals surface area contributed by atoms with Gasteiger partial charge in [0.25, 0.3) is 0 Å². The number of carboxylic acids is 1. The zero-order valence-electron chi connectivity index (χ0n) is 9.08. The highest BCUT2D eigenvalue weighted by Gasteiger charge is 2.37. The van der Waals surface area contributed by atoms with Crippen molar-refractivity contribution >= 4 is 33.2 Å². The summed E-state index contributed by atoms with van der Waals surface area (Å²) in [5, 5.41) is 11.3. The van der Waals surface area contributed by atoms with Crippen molar-refractivity contribution in [2.24, 2.45) is 11.3 Å². The zero-order chi connectivity index (χ0) is 11.6. The minimum Gasteiger partial charge on any atom is -0.481 e. The number of hydrogen-bond acceptors (Lipinski definition) is 2. The van der Waals surface area contributed by atoms with Crippen molar-refractivity contribution in [3.63, 3.8) is 0 Å². The van der Waals surface area contributed by atoms with E-state index in [0.717, 1.165) is 9.35 Å². The third kappa shape index (κ3) is 2.61. The topological polar surface area (TPSA) is 37.3 Å². The molecule has 0 spiro atoms. The van der Waals surface area contributed by atoms with Crippen LogP contribution in [0.3, 0.4) is 0 Å². The number of hydrogen-bond donors (Lipinski definition) is 1. The van der Waals surface area contributed by atoms with Gasteiger partial charge >= 0.3 is 5.97 Å². The molecule has 0 aliphatic carbocycles. The average molecular weight is 291 g/mol. The SMILES string of the molecule is CC(C)C(C)(Cc1sccc1Br)C(=O)O. The van der Waals surface area contributed by atoms with Crippen LogP contribution in [0.5, 0.6) is 0 Å². The molecule has 2 nitrogen and oxygen atoms in total. The average Bonchev–Trinajstić information content (AvgIpc) is 2.51. The van der Waals surface area contributed by atoms with Gasteiger partial charge in [-0.05, 0) is 46.6 Å². The Morgan fingerprint density at radius 1 is 1.67 bits per heavy atom. The molecular weight excluding hydrogens is 276 g/mol. The Labute approximate surface area is 102 Å². The van der Waals surface area contributed by atoms with Gasteiger partial charge in [0.05, 0.1) is 5.41 Å². The number of rotatable bonds is 4. The molecule has 0 amide bonds. The van der Waals surface area contributed by atoms with Crippen molar-refractivity contribution in [2.75, 3.05) is 0 Å². The lowest BCUT2D eigenvalue weighted by Gasteiger charge is -2.28. The first-order chi connectivity index (χ1) is 6.88. The van der Waals surface area contributed by atoms with Gasteiger partial charge in [0.15, 0.2) is 0 Å². The van der Waals surface area contributed by atoms with E-state index >= 15 is 0 Å². The highest BCUT2D eigenvalue weighted by Crippen LogP contribution is 2.36. The summed E-state index contributed by atoms with van der Waals surface area (Å²) in [5.41, 5.74) is -0.687. The highest BCUT2D eigenvalue weighted by atomic mass is 79.9. The summed E-state index contributed by atoms with van der Waals surface area (Å²) in [4.78, 5) is 12.4. The molecule has 1 heterocycles. The summed E-state index contributed by atoms with van der Waals surface area (Å²) >= 11 is 5.04. The van der Waals surface area contributed by atoms with E-state index in [4.69, 9.17) is 0 Å². The molecule has 0 aliphatic rings. The third-order valence-electron chi connectivity index (χ3n) is 2.98. The quantitative estimate of drug-likeness (QED) is 0.916. The Bertz CT molecular complexity index is 359. The Hall–Kier alpha value is -0.350. The lowest BCUT2D eigenvalue weighted by molar-refractivity contribution is -0.150. The maximum absolute atomic E-state index is 11.3. The van der Waals surface area contributed by atoms with Crippen LogP contribution in [-0.2, 0) is 11.2 Å². The van der Waals surface area contributed by atoms with Crippen LogP contribution in [0.15, 0.2) is 15.9 Å². The molecule has 0 bridgehead atoms. The van der Waals surface area contributed by atoms with Crippen molar-refractivity contribution < 1.29 is 9.90 Å². The molecule has 0 radical (unpaired) electrons. The third-order valence-corrected chi connectivity index (χ3v) is 4.91. The number of aliphatic carboxylic acids is 1. The Balaban J connectivity index is 2.95. The molecule has 1 unspecified atom stereocenters. The van der Waals surface area contributed by atoms with Crippen LogP contribution in [-0.4, -0.2) is 11.1 Å². The maximum atomic E-state index is 11.3. The summed E-state index contributed by atoms with van der Waals surface area (Å²) in [6.45, 7) is 5.72. The van der Waals surface area contributed by atoms with Gasteiger partial charge in [0.2, 0.25) is 0 Å². The summed E-state index contributed by atoms with van der Waals surface area (Å²) in [6.07, 6.45) is 0.582. The second-order valence-electron chi connectivity index (χ2n) is 4.25. The molecule has 84 valence electrons. The van der Waals surface area contributed by atoms with Crippen LogP contribution in [0.2, 0.25) is 0 Å². The van der Waals surface area contributed by atoms with Gasteiger partial charge < -0.3 is 5.11 Å². The van der Waals surface area contributed by atoms with Crippen LogP contribution in [0, 0.1) is 11.3 Å². The van der Waals surface area contributed by atoms with Gasteiger partial charge in [0.1, 0.15) is 0 Å². The van der Waals surface area contributed by atoms with E-state index in [2.05, 4.69) is 15.9 Å². The summed E-state index contributed by atoms with van der Waals surface area (Å²) < 4.78 is 1.01. The normalized spacial score (nSPS) is 15.3. The molecule has 1 aromatic heterocycles. The summed E-state index contributed by atoms with van der Waals surface area (Å²) in [5.74, 6) is -0.609. The first-order valence-electron chi connectivity index (χ1n) is 4.83. The van der Waals surface area contributed by atoms with Crippen molar-refractivity contribution in [3.05, 3.63) is 20.8 Å². The highest BCUT2D eigenvalue weighted by molar-refractivity contribution is 9.10. The van der Waals surface area contributed by atoms with Crippen LogP contribution in [0.4, 0.5) is 0 Å². The minimum absolute atomic E-state index is 0.115. The second kappa shape index (κ2) is 4.66. The van der Waals surface area contributed by atoms with E-state index in [1.807, 2.05) is 32.2 Å². The van der Waals surface area contributed by atoms with E-state index in [1.54, 1.807) is 11.3 Å². The van der Waals surface area contributed by atoms with E-state index in [0.29, 0.717) is 6.42 Å². The second-order valence-corrected chi connectivity index (χ2v) is 6.10. The van der Waals surface area contributed by atoms with Gasteiger partial charge in [-0.3, -0.25) is 4.79 Å². The van der Waals surface area contributed by atoms with Crippen LogP contribution in [0.25, 0.3) is 0 Å². The molecule has 0 fully saturated rings. The predicted octanol–water partition coefficient (Wildman–Crippen LogP) is 3.80. The fraction of sp³-hybridized carbons (Fsp3) is 0.545. The van der Waals surface area contributed by atoms with Crippen molar-refractivity contribution in [3.8, 4) is 0 Å². The number of carbonyl (C=O) groups is 1. The molecule has 0 saturated carbocycles. The molecule has 0 aromatic carbocycles. The van der Waals surface area contributed by atoms with Crippen LogP contribution >= 0.6 is 27.3 Å². The van der Waals surface area contributed by atoms with Gasteiger partial charge in [-0.2, -0.15) is 0 Å². The molecule has 4 heteroatoms. The molecule has 15 heavy (non-hydrogen) atoms. The number of carboxylic acid groups (broad SMARTS) is 1. The number of thiophene rings is 1. The molecule has 1 atom stereocenters. The molecule has 1 rings (SSSR count). The fourth-order valence-electron chi connectivity index (χ4n) is 1.31. The first kappa shape index (κ1) is 12.7. The monoisotopic (exact) mass is 290 g/mol. The van der Waals surface area contributed by atoms with Crippen LogP contribution in [0.1, 0.15) is 25.6 Å². The van der Waals surface area contributed by atoms with Crippen molar-refractivity contribution in [1.29, 1.82) is 0 Å². The summed E-state index contributed by atoms with van der Waals surface area (Å²) in [7, 11) is 0. The van der Waals surface area contributed by atoms with Crippen LogP contribution < -0.4 is 0 Å². The number of halogens is 1. The Kier molecular flexibility index (Phi) is 3.95.